The van der Waals surface area contributed by atoms with Crippen LogP contribution in [-0.4, -0.2) is 11.7 Å². The smallest absolute Gasteiger partial charge is 0.279 e. The van der Waals surface area contributed by atoms with Crippen molar-refractivity contribution >= 4 is 57.6 Å². The molecule has 378 valence electrons. The van der Waals surface area contributed by atoms with Gasteiger partial charge >= 0.3 is 0 Å². The Kier molecular flexibility index (Phi) is 12.0. The van der Waals surface area contributed by atoms with Crippen molar-refractivity contribution in [2.45, 2.75) is 157 Å². The van der Waals surface area contributed by atoms with Crippen molar-refractivity contribution in [1.82, 2.24) is 4.98 Å². The van der Waals surface area contributed by atoms with Crippen LogP contribution in [0.25, 0.3) is 33.7 Å². The van der Waals surface area contributed by atoms with Crippen molar-refractivity contribution < 1.29 is 4.42 Å². The summed E-state index contributed by atoms with van der Waals surface area (Å²) in [5.41, 5.74) is 22.1. The summed E-state index contributed by atoms with van der Waals surface area (Å²) in [5, 5.41) is 0. The summed E-state index contributed by atoms with van der Waals surface area (Å²) >= 11 is 0. The number of aromatic nitrogens is 1. The van der Waals surface area contributed by atoms with E-state index in [2.05, 4.69) is 280 Å². The standard InChI is InChI=1S/C69H78BN3O/c1-64(2,3)47-27-23-44(24-28-47)43-19-21-46(22-20-43)62-71-61-63(74-62)73(56-37-33-50(67(10,11)12)39-54(56)45-25-29-48(30-26-45)65(4,5)6)59-42-52(69(16,17)18)41-58-60(59)70(61)55-40-51(68(13,14)15)34-38-57(55)72(58)53-35-31-49(32-36-53)66(7,8)9/h19-42H,1-18H3. The van der Waals surface area contributed by atoms with Crippen molar-refractivity contribution in [1.29, 1.82) is 0 Å². The zero-order chi connectivity index (χ0) is 53.2. The minimum absolute atomic E-state index is 0.0171. The van der Waals surface area contributed by atoms with E-state index >= 15 is 0 Å². The fraction of sp³-hybridized carbons (Fsp3) is 0.348. The van der Waals surface area contributed by atoms with E-state index in [1.165, 1.54) is 55.6 Å². The second-order valence-corrected chi connectivity index (χ2v) is 27.5. The van der Waals surface area contributed by atoms with Gasteiger partial charge in [-0.2, -0.15) is 0 Å². The lowest BCUT2D eigenvalue weighted by molar-refractivity contribution is 0.579. The number of hydrogen-bond donors (Lipinski definition) is 0. The van der Waals surface area contributed by atoms with E-state index in [1.54, 1.807) is 0 Å². The number of rotatable bonds is 5. The van der Waals surface area contributed by atoms with Crippen LogP contribution in [0.2, 0.25) is 0 Å². The van der Waals surface area contributed by atoms with Crippen LogP contribution in [0.3, 0.4) is 0 Å². The second-order valence-electron chi connectivity index (χ2n) is 27.5. The van der Waals surface area contributed by atoms with E-state index in [1.807, 2.05) is 0 Å². The largest absolute Gasteiger partial charge is 0.420 e. The lowest BCUT2D eigenvalue weighted by atomic mass is 9.35. The molecule has 8 aromatic rings. The number of benzene rings is 7. The number of anilines is 6. The third-order valence-electron chi connectivity index (χ3n) is 15.7. The molecule has 5 heteroatoms. The maximum absolute atomic E-state index is 7.46. The molecule has 0 aliphatic carbocycles. The summed E-state index contributed by atoms with van der Waals surface area (Å²) in [5.74, 6) is 1.36. The molecule has 7 aromatic carbocycles. The van der Waals surface area contributed by atoms with Crippen molar-refractivity contribution in [2.75, 3.05) is 9.80 Å². The molecule has 0 saturated carbocycles. The first-order chi connectivity index (χ1) is 34.5. The third kappa shape index (κ3) is 9.24. The number of oxazole rings is 1. The molecule has 2 aliphatic rings. The van der Waals surface area contributed by atoms with Crippen molar-refractivity contribution in [2.24, 2.45) is 0 Å². The highest BCUT2D eigenvalue weighted by atomic mass is 16.4. The molecule has 3 heterocycles. The highest BCUT2D eigenvalue weighted by Crippen LogP contribution is 2.50. The van der Waals surface area contributed by atoms with Crippen LogP contribution in [0.1, 0.15) is 158 Å². The first kappa shape index (κ1) is 50.9. The van der Waals surface area contributed by atoms with Gasteiger partial charge < -0.3 is 9.32 Å². The van der Waals surface area contributed by atoms with Gasteiger partial charge in [0.25, 0.3) is 6.71 Å². The van der Waals surface area contributed by atoms with Crippen LogP contribution >= 0.6 is 0 Å². The Balaban J connectivity index is 1.27. The summed E-state index contributed by atoms with van der Waals surface area (Å²) in [6.07, 6.45) is 0. The van der Waals surface area contributed by atoms with Crippen LogP contribution < -0.4 is 26.3 Å². The maximum Gasteiger partial charge on any atom is 0.279 e. The fourth-order valence-electron chi connectivity index (χ4n) is 10.8. The highest BCUT2D eigenvalue weighted by Gasteiger charge is 2.48. The Bertz CT molecular complexity index is 3410. The Hall–Kier alpha value is -6.59. The van der Waals surface area contributed by atoms with Crippen molar-refractivity contribution in [3.63, 3.8) is 0 Å². The van der Waals surface area contributed by atoms with Crippen LogP contribution in [0, 0.1) is 0 Å². The van der Waals surface area contributed by atoms with E-state index in [4.69, 9.17) is 9.40 Å². The van der Waals surface area contributed by atoms with Gasteiger partial charge in [-0.15, -0.1) is 0 Å². The number of nitrogens with zero attached hydrogens (tertiary/aromatic N) is 3. The predicted molar refractivity (Wildman–Crippen MR) is 319 cm³/mol. The molecule has 0 radical (unpaired) electrons. The molecule has 10 rings (SSSR count). The Labute approximate surface area is 444 Å². The summed E-state index contributed by atoms with van der Waals surface area (Å²) < 4.78 is 7.46. The van der Waals surface area contributed by atoms with Crippen LogP contribution in [0.5, 0.6) is 0 Å². The molecule has 0 atom stereocenters. The van der Waals surface area contributed by atoms with E-state index < -0.39 is 0 Å². The first-order valence-electron chi connectivity index (χ1n) is 27.0. The van der Waals surface area contributed by atoms with Crippen LogP contribution in [-0.2, 0) is 32.5 Å². The average molecular weight is 976 g/mol. The summed E-state index contributed by atoms with van der Waals surface area (Å²) in [6.45, 7) is 41.2. The zero-order valence-electron chi connectivity index (χ0n) is 47.7. The van der Waals surface area contributed by atoms with Gasteiger partial charge in [0.05, 0.1) is 11.3 Å². The quantitative estimate of drug-likeness (QED) is 0.161. The zero-order valence-corrected chi connectivity index (χ0v) is 47.7. The maximum atomic E-state index is 7.46. The van der Waals surface area contributed by atoms with E-state index in [0.717, 1.165) is 56.5 Å². The molecule has 0 amide bonds. The summed E-state index contributed by atoms with van der Waals surface area (Å²) in [7, 11) is 0. The van der Waals surface area contributed by atoms with Gasteiger partial charge in [-0.3, -0.25) is 4.90 Å². The van der Waals surface area contributed by atoms with Gasteiger partial charge in [-0.25, -0.2) is 4.98 Å². The first-order valence-corrected chi connectivity index (χ1v) is 27.0. The summed E-state index contributed by atoms with van der Waals surface area (Å²) in [4.78, 5) is 10.7. The molecular weight excluding hydrogens is 898 g/mol. The molecular formula is C69H78BN3O. The van der Waals surface area contributed by atoms with Gasteiger partial charge in [-0.05, 0) is 148 Å². The predicted octanol–water partition coefficient (Wildman–Crippen LogP) is 17.5. The average Bonchev–Trinajstić information content (AvgIpc) is 3.77. The topological polar surface area (TPSA) is 32.5 Å². The molecule has 0 saturated heterocycles. The molecule has 1 aromatic heterocycles. The molecule has 0 spiro atoms. The minimum atomic E-state index is -0.218. The normalized spacial score (nSPS) is 14.0. The molecule has 0 fully saturated rings. The SMILES string of the molecule is CC(C)(C)c1ccc(-c2ccc(-c3nc4c(o3)N(c3ccc(C(C)(C)C)cc3-c3ccc(C(C)(C)C)cc3)c3cc(C(C)(C)C)cc5c3B4c3cc(C(C)(C)C)ccc3N5c3ccc(C(C)(C)C)cc3)cc2)cc1. The van der Waals surface area contributed by atoms with Gasteiger partial charge in [0.2, 0.25) is 11.8 Å². The summed E-state index contributed by atoms with van der Waals surface area (Å²) in [6, 6.07) is 55.5. The number of hydrogen-bond acceptors (Lipinski definition) is 4. The molecule has 0 bridgehead atoms. The van der Waals surface area contributed by atoms with Gasteiger partial charge in [-0.1, -0.05) is 216 Å². The highest BCUT2D eigenvalue weighted by molar-refractivity contribution is 6.99. The fourth-order valence-corrected chi connectivity index (χ4v) is 10.8. The minimum Gasteiger partial charge on any atom is -0.420 e. The van der Waals surface area contributed by atoms with Crippen LogP contribution in [0.4, 0.5) is 34.3 Å². The van der Waals surface area contributed by atoms with Crippen molar-refractivity contribution in [3.05, 3.63) is 179 Å². The molecule has 0 N–H and O–H groups in total. The number of fused-ring (bicyclic) bond motifs is 4. The molecule has 4 nitrogen and oxygen atoms in total. The van der Waals surface area contributed by atoms with Crippen molar-refractivity contribution in [3.8, 4) is 33.7 Å². The van der Waals surface area contributed by atoms with E-state index in [9.17, 15) is 0 Å². The Morgan fingerprint density at radius 1 is 0.351 bits per heavy atom. The van der Waals surface area contributed by atoms with Gasteiger partial charge in [0.15, 0.2) is 0 Å². The van der Waals surface area contributed by atoms with Gasteiger partial charge in [0, 0.05) is 33.9 Å². The second kappa shape index (κ2) is 17.5. The third-order valence-corrected chi connectivity index (χ3v) is 15.7. The lowest BCUT2D eigenvalue weighted by Gasteiger charge is -2.43. The molecule has 74 heavy (non-hydrogen) atoms. The van der Waals surface area contributed by atoms with Gasteiger partial charge in [0.1, 0.15) is 0 Å². The van der Waals surface area contributed by atoms with Crippen LogP contribution in [0.15, 0.2) is 150 Å². The monoisotopic (exact) mass is 976 g/mol. The lowest BCUT2D eigenvalue weighted by Crippen LogP contribution is -2.62. The Morgan fingerprint density at radius 2 is 0.743 bits per heavy atom. The van der Waals surface area contributed by atoms with E-state index in [-0.39, 0.29) is 39.2 Å². The molecule has 2 aliphatic heterocycles. The molecule has 0 unspecified atom stereocenters. The van der Waals surface area contributed by atoms with E-state index in [0.29, 0.717) is 5.89 Å². The Morgan fingerprint density at radius 3 is 1.23 bits per heavy atom.